The number of aromatic nitrogens is 4. The molecule has 1 N–H and O–H groups in total. The van der Waals surface area contributed by atoms with E-state index < -0.39 is 11.4 Å². The van der Waals surface area contributed by atoms with E-state index in [4.69, 9.17) is 4.74 Å². The number of fused-ring (bicyclic) bond motifs is 1. The van der Waals surface area contributed by atoms with Crippen LogP contribution in [0.5, 0.6) is 0 Å². The molecule has 13 heteroatoms. The first-order chi connectivity index (χ1) is 17.7. The Kier molecular flexibility index (Phi) is 6.73. The summed E-state index contributed by atoms with van der Waals surface area (Å²) in [5, 5.41) is 10.1. The molecule has 3 aromatic heterocycles. The number of pyridine rings is 2. The average molecular weight is 527 g/mol. The number of carboxylic acids is 1. The third-order valence-electron chi connectivity index (χ3n) is 6.89. The van der Waals surface area contributed by atoms with E-state index >= 15 is 0 Å². The fraction of sp³-hybridized carbons (Fsp3) is 0.458. The molecule has 1 atom stereocenters. The quantitative estimate of drug-likeness (QED) is 0.477. The van der Waals surface area contributed by atoms with Crippen molar-refractivity contribution in [3.8, 4) is 5.13 Å². The minimum atomic E-state index is -1.33. The van der Waals surface area contributed by atoms with Crippen LogP contribution in [0, 0.1) is 12.8 Å². The lowest BCUT2D eigenvalue weighted by Gasteiger charge is -2.40. The van der Waals surface area contributed by atoms with Crippen molar-refractivity contribution in [1.82, 2.24) is 23.8 Å². The van der Waals surface area contributed by atoms with Gasteiger partial charge in [-0.05, 0) is 25.0 Å². The predicted molar refractivity (Wildman–Crippen MR) is 134 cm³/mol. The molecule has 3 aromatic rings. The van der Waals surface area contributed by atoms with E-state index in [1.807, 2.05) is 4.90 Å². The van der Waals surface area contributed by atoms with Gasteiger partial charge in [0.15, 0.2) is 5.65 Å². The van der Waals surface area contributed by atoms with E-state index in [0.717, 1.165) is 11.5 Å². The molecule has 2 saturated heterocycles. The number of carboxylic acid groups (broad SMARTS) is 1. The van der Waals surface area contributed by atoms with Crippen molar-refractivity contribution in [2.75, 3.05) is 37.7 Å². The Bertz CT molecular complexity index is 1430. The maximum atomic E-state index is 12.9. The molecule has 194 valence electrons. The van der Waals surface area contributed by atoms with Crippen molar-refractivity contribution in [1.29, 1.82) is 0 Å². The maximum Gasteiger partial charge on any atom is 0.341 e. The highest BCUT2D eigenvalue weighted by Crippen LogP contribution is 2.29. The Balaban J connectivity index is 1.32. The van der Waals surface area contributed by atoms with E-state index in [1.54, 1.807) is 17.9 Å². The summed E-state index contributed by atoms with van der Waals surface area (Å²) in [4.78, 5) is 61.6. The number of hydrogen-bond acceptors (Lipinski definition) is 10. The van der Waals surface area contributed by atoms with Gasteiger partial charge in [0.05, 0.1) is 24.0 Å². The van der Waals surface area contributed by atoms with Crippen LogP contribution in [0.3, 0.4) is 0 Å². The lowest BCUT2D eigenvalue weighted by molar-refractivity contribution is -0.137. The number of amides is 1. The van der Waals surface area contributed by atoms with Crippen LogP contribution in [0.2, 0.25) is 0 Å². The number of hydrogen-bond donors (Lipinski definition) is 1. The Morgan fingerprint density at radius 3 is 2.70 bits per heavy atom. The van der Waals surface area contributed by atoms with Crippen molar-refractivity contribution in [3.63, 3.8) is 0 Å². The Labute approximate surface area is 215 Å². The van der Waals surface area contributed by atoms with E-state index in [2.05, 4.69) is 14.3 Å². The third kappa shape index (κ3) is 4.83. The molecule has 0 radical (unpaired) electrons. The molecular weight excluding hydrogens is 500 g/mol. The number of ketones is 1. The van der Waals surface area contributed by atoms with Gasteiger partial charge in [-0.25, -0.2) is 14.8 Å². The predicted octanol–water partition coefficient (Wildman–Crippen LogP) is 1.28. The van der Waals surface area contributed by atoms with Crippen LogP contribution < -0.4 is 10.3 Å². The number of nitrogens with zero attached hydrogens (tertiary/aromatic N) is 6. The van der Waals surface area contributed by atoms with Crippen LogP contribution in [0.4, 0.5) is 5.82 Å². The van der Waals surface area contributed by atoms with Crippen molar-refractivity contribution in [3.05, 3.63) is 39.9 Å². The molecule has 5 rings (SSSR count). The second kappa shape index (κ2) is 9.98. The number of carbonyl (C=O) groups is 3. The minimum Gasteiger partial charge on any atom is -0.477 e. The lowest BCUT2D eigenvalue weighted by atomic mass is 9.91. The normalized spacial score (nSPS) is 18.2. The molecule has 0 bridgehead atoms. The van der Waals surface area contributed by atoms with Crippen LogP contribution in [0.15, 0.2) is 23.4 Å². The standard InChI is InChI=1S/C24H26N6O6S/c1-13-7-19(27-22-20(13)21(33)17(23(34)35)11-30(22)24-25-12-26-37-24)29-8-15(9-29)18(32)4-3-16-10-28(14(2)31)5-6-36-16/h7,11-12,15-16H,3-6,8-10H2,1-2H3,(H,34,35). The first kappa shape index (κ1) is 25.0. The van der Waals surface area contributed by atoms with E-state index in [9.17, 15) is 24.3 Å². The zero-order valence-corrected chi connectivity index (χ0v) is 21.2. The van der Waals surface area contributed by atoms with E-state index in [0.29, 0.717) is 67.8 Å². The maximum absolute atomic E-state index is 12.9. The fourth-order valence-corrected chi connectivity index (χ4v) is 5.28. The summed E-state index contributed by atoms with van der Waals surface area (Å²) in [6, 6.07) is 1.74. The van der Waals surface area contributed by atoms with Crippen LogP contribution in [0.25, 0.3) is 16.2 Å². The Hall–Kier alpha value is -3.71. The molecule has 5 heterocycles. The van der Waals surface area contributed by atoms with Gasteiger partial charge >= 0.3 is 5.97 Å². The first-order valence-corrected chi connectivity index (χ1v) is 12.7. The van der Waals surface area contributed by atoms with Crippen molar-refractivity contribution in [2.45, 2.75) is 32.8 Å². The molecule has 37 heavy (non-hydrogen) atoms. The zero-order valence-electron chi connectivity index (χ0n) is 20.4. The van der Waals surface area contributed by atoms with E-state index in [1.165, 1.54) is 24.0 Å². The number of aromatic carboxylic acids is 1. The fourth-order valence-electron chi connectivity index (χ4n) is 4.77. The molecule has 0 aliphatic carbocycles. The topological polar surface area (TPSA) is 148 Å². The molecule has 2 aliphatic rings. The molecule has 0 aromatic carbocycles. The summed E-state index contributed by atoms with van der Waals surface area (Å²) in [7, 11) is 0. The third-order valence-corrected chi connectivity index (χ3v) is 7.55. The molecule has 12 nitrogen and oxygen atoms in total. The number of morpholine rings is 1. The van der Waals surface area contributed by atoms with Gasteiger partial charge in [-0.3, -0.25) is 19.0 Å². The van der Waals surface area contributed by atoms with Gasteiger partial charge in [-0.15, -0.1) is 0 Å². The van der Waals surface area contributed by atoms with Crippen molar-refractivity contribution in [2.24, 2.45) is 5.92 Å². The van der Waals surface area contributed by atoms with Gasteiger partial charge in [0.2, 0.25) is 16.5 Å². The molecule has 2 fully saturated rings. The number of rotatable bonds is 7. The highest BCUT2D eigenvalue weighted by atomic mass is 32.1. The SMILES string of the molecule is CC(=O)N1CCOC(CCC(=O)C2CN(c3cc(C)c4c(=O)c(C(=O)O)cn(-c5ncns5)c4n3)C2)C1. The molecule has 1 amide bonds. The number of carbonyl (C=O) groups excluding carboxylic acids is 2. The number of anilines is 1. The highest BCUT2D eigenvalue weighted by molar-refractivity contribution is 7.08. The second-order valence-corrected chi connectivity index (χ2v) is 10.1. The van der Waals surface area contributed by atoms with Crippen LogP contribution in [0.1, 0.15) is 35.7 Å². The van der Waals surface area contributed by atoms with E-state index in [-0.39, 0.29) is 34.7 Å². The number of Topliss-reactive ketones (excluding diaryl/α,β-unsaturated/α-hetero) is 1. The summed E-state index contributed by atoms with van der Waals surface area (Å²) < 4.78 is 11.2. The molecule has 0 spiro atoms. The summed E-state index contributed by atoms with van der Waals surface area (Å²) in [6.07, 6.45) is 3.41. The Morgan fingerprint density at radius 1 is 1.24 bits per heavy atom. The smallest absolute Gasteiger partial charge is 0.341 e. The Morgan fingerprint density at radius 2 is 2.03 bits per heavy atom. The summed E-state index contributed by atoms with van der Waals surface area (Å²) in [5.74, 6) is -0.699. The molecule has 2 aliphatic heterocycles. The van der Waals surface area contributed by atoms with Crippen molar-refractivity contribution < 1.29 is 24.2 Å². The van der Waals surface area contributed by atoms with Crippen LogP contribution >= 0.6 is 11.5 Å². The second-order valence-electron chi connectivity index (χ2n) is 9.33. The summed E-state index contributed by atoms with van der Waals surface area (Å²) >= 11 is 1.06. The van der Waals surface area contributed by atoms with Gasteiger partial charge in [0, 0.05) is 57.3 Å². The average Bonchev–Trinajstić information content (AvgIpc) is 3.36. The molecule has 0 saturated carbocycles. The van der Waals surface area contributed by atoms with Crippen LogP contribution in [-0.2, 0) is 14.3 Å². The minimum absolute atomic E-state index is 0.0168. The van der Waals surface area contributed by atoms with Crippen molar-refractivity contribution >= 4 is 46.0 Å². The zero-order chi connectivity index (χ0) is 26.3. The van der Waals surface area contributed by atoms with Gasteiger partial charge in [-0.1, -0.05) is 0 Å². The lowest BCUT2D eigenvalue weighted by Crippen LogP contribution is -2.51. The summed E-state index contributed by atoms with van der Waals surface area (Å²) in [6.45, 7) is 5.85. The first-order valence-electron chi connectivity index (χ1n) is 11.9. The molecule has 1 unspecified atom stereocenters. The van der Waals surface area contributed by atoms with Crippen LogP contribution in [-0.4, -0.2) is 85.5 Å². The van der Waals surface area contributed by atoms with Gasteiger partial charge < -0.3 is 19.6 Å². The van der Waals surface area contributed by atoms with Gasteiger partial charge in [-0.2, -0.15) is 4.37 Å². The van der Waals surface area contributed by atoms with Gasteiger partial charge in [0.1, 0.15) is 23.5 Å². The van der Waals surface area contributed by atoms with Gasteiger partial charge in [0.25, 0.3) is 0 Å². The number of aryl methyl sites for hydroxylation is 1. The monoisotopic (exact) mass is 526 g/mol. The summed E-state index contributed by atoms with van der Waals surface area (Å²) in [5.41, 5.74) is -0.0975. The number of ether oxygens (including phenoxy) is 1. The highest BCUT2D eigenvalue weighted by Gasteiger charge is 2.34. The molecular formula is C24H26N6O6S. The largest absolute Gasteiger partial charge is 0.477 e.